The second kappa shape index (κ2) is 14.1. The number of phenols is 2. The molecule has 2 aromatic carbocycles. The molecule has 15 heteroatoms. The molecule has 2 aliphatic rings. The summed E-state index contributed by atoms with van der Waals surface area (Å²) >= 11 is 0. The van der Waals surface area contributed by atoms with Gasteiger partial charge in [0.25, 0.3) is 0 Å². The van der Waals surface area contributed by atoms with Gasteiger partial charge in [0.2, 0.25) is 6.29 Å². The summed E-state index contributed by atoms with van der Waals surface area (Å²) in [5.41, 5.74) is 0.263. The van der Waals surface area contributed by atoms with Crippen molar-refractivity contribution in [3.63, 3.8) is 0 Å². The van der Waals surface area contributed by atoms with Crippen molar-refractivity contribution in [3.8, 4) is 28.7 Å². The van der Waals surface area contributed by atoms with Crippen molar-refractivity contribution < 1.29 is 74.1 Å². The Morgan fingerprint density at radius 3 is 2.11 bits per heavy atom. The molecule has 2 heterocycles. The minimum absolute atomic E-state index is 0.101. The van der Waals surface area contributed by atoms with Crippen molar-refractivity contribution in [2.24, 2.45) is 0 Å². The number of hydrogen-bond donors (Lipinski definition) is 8. The fraction of sp³-hybridized carbons (Fsp3) is 0.483. The number of phenolic OH excluding ortho intramolecular Hbond substituents is 2. The van der Waals surface area contributed by atoms with Crippen LogP contribution in [0.25, 0.3) is 6.08 Å². The number of rotatable bonds is 10. The van der Waals surface area contributed by atoms with E-state index in [4.69, 9.17) is 28.4 Å². The summed E-state index contributed by atoms with van der Waals surface area (Å²) in [6, 6.07) is 6.80. The Hall–Kier alpha value is -3.51. The first kappa shape index (κ1) is 33.4. The molecule has 2 aromatic rings. The number of carbonyl (C=O) groups is 1. The molecule has 10 atom stereocenters. The van der Waals surface area contributed by atoms with Gasteiger partial charge in [0.1, 0.15) is 65.5 Å². The van der Waals surface area contributed by atoms with Gasteiger partial charge in [-0.2, -0.15) is 0 Å². The molecule has 0 amide bonds. The number of aliphatic hydroxyl groups excluding tert-OH is 6. The first-order chi connectivity index (χ1) is 20.9. The van der Waals surface area contributed by atoms with E-state index in [0.717, 1.165) is 12.1 Å². The largest absolute Gasteiger partial charge is 0.507 e. The maximum absolute atomic E-state index is 12.9. The van der Waals surface area contributed by atoms with Crippen molar-refractivity contribution in [1.82, 2.24) is 0 Å². The number of carbonyl (C=O) groups excluding carboxylic acids is 1. The van der Waals surface area contributed by atoms with Crippen molar-refractivity contribution >= 4 is 11.9 Å². The SMILES string of the molecule is COc1ccc(/C=C/C(=O)c2c(O)cc(O[C@H]3O[C@@H](CO[C@@H]4O[C@H](C)[C@@H](O)[C@H](O)[C@@H]4O)[C@H](O)[C@@H](O)[C@@H]3O)cc2OC)cc1O. The van der Waals surface area contributed by atoms with Crippen LogP contribution in [0.2, 0.25) is 0 Å². The van der Waals surface area contributed by atoms with Crippen LogP contribution in [-0.4, -0.2) is 129 Å². The zero-order chi connectivity index (χ0) is 32.3. The zero-order valence-electron chi connectivity index (χ0n) is 24.0. The van der Waals surface area contributed by atoms with Gasteiger partial charge in [-0.3, -0.25) is 4.79 Å². The number of hydrogen-bond acceptors (Lipinski definition) is 15. The number of aliphatic hydroxyl groups is 6. The molecule has 0 radical (unpaired) electrons. The highest BCUT2D eigenvalue weighted by Crippen LogP contribution is 2.36. The van der Waals surface area contributed by atoms with Crippen molar-refractivity contribution in [2.75, 3.05) is 20.8 Å². The molecule has 2 aliphatic heterocycles. The van der Waals surface area contributed by atoms with Gasteiger partial charge in [0.15, 0.2) is 23.6 Å². The van der Waals surface area contributed by atoms with Gasteiger partial charge in [-0.05, 0) is 30.7 Å². The number of aromatic hydroxyl groups is 2. The van der Waals surface area contributed by atoms with E-state index in [-0.39, 0.29) is 28.6 Å². The number of ether oxygens (including phenoxy) is 6. The topological polar surface area (TPSA) is 234 Å². The predicted octanol–water partition coefficient (Wildman–Crippen LogP) is -0.958. The monoisotopic (exact) mass is 624 g/mol. The van der Waals surface area contributed by atoms with E-state index in [9.17, 15) is 45.6 Å². The second-order valence-corrected chi connectivity index (χ2v) is 10.3. The van der Waals surface area contributed by atoms with Crippen LogP contribution in [0.3, 0.4) is 0 Å². The van der Waals surface area contributed by atoms with Crippen LogP contribution in [0.4, 0.5) is 0 Å². The Bertz CT molecular complexity index is 1330. The maximum Gasteiger partial charge on any atom is 0.229 e. The number of ketones is 1. The van der Waals surface area contributed by atoms with Crippen LogP contribution in [-0.2, 0) is 14.2 Å². The summed E-state index contributed by atoms with van der Waals surface area (Å²) < 4.78 is 32.3. The van der Waals surface area contributed by atoms with Crippen LogP contribution in [0.5, 0.6) is 28.7 Å². The molecule has 8 N–H and O–H groups in total. The summed E-state index contributed by atoms with van der Waals surface area (Å²) in [5, 5.41) is 82.0. The fourth-order valence-electron chi connectivity index (χ4n) is 4.75. The first-order valence-corrected chi connectivity index (χ1v) is 13.5. The molecule has 0 spiro atoms. The minimum atomic E-state index is -1.77. The van der Waals surface area contributed by atoms with Crippen LogP contribution in [0.15, 0.2) is 36.4 Å². The third-order valence-corrected chi connectivity index (χ3v) is 7.31. The highest BCUT2D eigenvalue weighted by molar-refractivity contribution is 6.10. The Morgan fingerprint density at radius 2 is 1.45 bits per heavy atom. The molecule has 0 aromatic heterocycles. The second-order valence-electron chi connectivity index (χ2n) is 10.3. The zero-order valence-corrected chi connectivity index (χ0v) is 24.0. The number of methoxy groups -OCH3 is 2. The lowest BCUT2D eigenvalue weighted by Gasteiger charge is -2.42. The van der Waals surface area contributed by atoms with E-state index >= 15 is 0 Å². The lowest BCUT2D eigenvalue weighted by Crippen LogP contribution is -2.61. The van der Waals surface area contributed by atoms with Gasteiger partial charge in [0.05, 0.1) is 26.9 Å². The van der Waals surface area contributed by atoms with E-state index in [1.54, 1.807) is 6.07 Å². The molecule has 0 aliphatic carbocycles. The molecule has 15 nitrogen and oxygen atoms in total. The van der Waals surface area contributed by atoms with E-state index < -0.39 is 79.6 Å². The smallest absolute Gasteiger partial charge is 0.229 e. The maximum atomic E-state index is 12.9. The summed E-state index contributed by atoms with van der Waals surface area (Å²) in [6.45, 7) is 0.958. The molecule has 4 rings (SSSR count). The molecule has 0 saturated carbocycles. The van der Waals surface area contributed by atoms with Gasteiger partial charge >= 0.3 is 0 Å². The van der Waals surface area contributed by atoms with Gasteiger partial charge in [0, 0.05) is 12.1 Å². The number of allylic oxidation sites excluding steroid dienone is 1. The van der Waals surface area contributed by atoms with Crippen LogP contribution >= 0.6 is 0 Å². The number of benzene rings is 2. The third kappa shape index (κ3) is 7.07. The van der Waals surface area contributed by atoms with Gasteiger partial charge in [-0.1, -0.05) is 12.1 Å². The molecule has 242 valence electrons. The summed E-state index contributed by atoms with van der Waals surface area (Å²) in [6.07, 6.45) is -12.4. The van der Waals surface area contributed by atoms with Gasteiger partial charge in [-0.15, -0.1) is 0 Å². The van der Waals surface area contributed by atoms with Crippen molar-refractivity contribution in [3.05, 3.63) is 47.5 Å². The fourth-order valence-corrected chi connectivity index (χ4v) is 4.75. The Labute approximate surface area is 251 Å². The van der Waals surface area contributed by atoms with Crippen LogP contribution in [0.1, 0.15) is 22.8 Å². The lowest BCUT2D eigenvalue weighted by molar-refractivity contribution is -0.318. The molecule has 2 saturated heterocycles. The van der Waals surface area contributed by atoms with Gasteiger partial charge in [-0.25, -0.2) is 0 Å². The summed E-state index contributed by atoms with van der Waals surface area (Å²) in [5.74, 6) is -1.31. The average molecular weight is 625 g/mol. The quantitative estimate of drug-likeness (QED) is 0.117. The van der Waals surface area contributed by atoms with Crippen LogP contribution in [0, 0.1) is 0 Å². The Balaban J connectivity index is 1.46. The molecular weight excluding hydrogens is 588 g/mol. The lowest BCUT2D eigenvalue weighted by atomic mass is 9.98. The highest BCUT2D eigenvalue weighted by Gasteiger charge is 2.47. The molecular formula is C29H36O15. The van der Waals surface area contributed by atoms with Gasteiger partial charge < -0.3 is 69.3 Å². The van der Waals surface area contributed by atoms with E-state index in [1.165, 1.54) is 45.4 Å². The van der Waals surface area contributed by atoms with E-state index in [2.05, 4.69) is 0 Å². The average Bonchev–Trinajstić information content (AvgIpc) is 3.00. The molecule has 0 unspecified atom stereocenters. The molecule has 2 fully saturated rings. The standard InChI is InChI=1S/C29H36O15/c1-12-22(33)24(35)26(37)28(42-12)41-11-20-23(34)25(36)27(38)29(44-20)43-14-9-17(32)21(19(10-14)40-3)15(30)6-4-13-5-7-18(39-2)16(31)8-13/h4-10,12,20,22-29,31-38H,11H2,1-3H3/b6-4+/t12-,20+,22-,23+,24+,25-,26+,27+,28-,29+/m1/s1. The van der Waals surface area contributed by atoms with Crippen molar-refractivity contribution in [2.45, 2.75) is 68.3 Å². The van der Waals surface area contributed by atoms with E-state index in [1.807, 2.05) is 0 Å². The molecule has 44 heavy (non-hydrogen) atoms. The molecule has 0 bridgehead atoms. The third-order valence-electron chi connectivity index (χ3n) is 7.31. The first-order valence-electron chi connectivity index (χ1n) is 13.5. The van der Waals surface area contributed by atoms with Crippen LogP contribution < -0.4 is 14.2 Å². The Morgan fingerprint density at radius 1 is 0.795 bits per heavy atom. The predicted molar refractivity (Wildman–Crippen MR) is 148 cm³/mol. The van der Waals surface area contributed by atoms with Crippen molar-refractivity contribution in [1.29, 1.82) is 0 Å². The normalized spacial score (nSPS) is 32.4. The minimum Gasteiger partial charge on any atom is -0.507 e. The highest BCUT2D eigenvalue weighted by atomic mass is 16.7. The summed E-state index contributed by atoms with van der Waals surface area (Å²) in [7, 11) is 2.65. The summed E-state index contributed by atoms with van der Waals surface area (Å²) in [4.78, 5) is 12.9. The Kier molecular flexibility index (Phi) is 10.7. The van der Waals surface area contributed by atoms with E-state index in [0.29, 0.717) is 5.56 Å².